The summed E-state index contributed by atoms with van der Waals surface area (Å²) in [7, 11) is 0. The minimum Gasteiger partial charge on any atom is -0.298 e. The van der Waals surface area contributed by atoms with Crippen LogP contribution in [0.25, 0.3) is 11.1 Å². The van der Waals surface area contributed by atoms with Gasteiger partial charge in [0, 0.05) is 37.8 Å². The quantitative estimate of drug-likeness (QED) is 0.818. The Morgan fingerprint density at radius 1 is 1.00 bits per heavy atom. The number of benzene rings is 1. The first-order valence-electron chi connectivity index (χ1n) is 8.82. The van der Waals surface area contributed by atoms with E-state index < -0.39 is 0 Å². The van der Waals surface area contributed by atoms with Crippen molar-refractivity contribution in [1.82, 2.24) is 9.80 Å². The van der Waals surface area contributed by atoms with Crippen LogP contribution >= 0.6 is 11.3 Å². The van der Waals surface area contributed by atoms with Gasteiger partial charge in [-0.1, -0.05) is 24.3 Å². The van der Waals surface area contributed by atoms with Gasteiger partial charge in [-0.2, -0.15) is 11.3 Å². The van der Waals surface area contributed by atoms with E-state index in [1.807, 2.05) is 0 Å². The number of nitrogens with zero attached hydrogens (tertiary/aromatic N) is 2. The Morgan fingerprint density at radius 3 is 2.26 bits per heavy atom. The molecule has 0 amide bonds. The first-order valence-corrected chi connectivity index (χ1v) is 9.76. The van der Waals surface area contributed by atoms with Gasteiger partial charge in [-0.25, -0.2) is 0 Å². The lowest BCUT2D eigenvalue weighted by Gasteiger charge is -2.42. The van der Waals surface area contributed by atoms with E-state index in [1.54, 1.807) is 11.3 Å². The van der Waals surface area contributed by atoms with E-state index in [0.717, 1.165) is 18.6 Å². The Hall–Kier alpha value is -1.16. The molecule has 2 aliphatic rings. The first-order chi connectivity index (χ1) is 11.2. The summed E-state index contributed by atoms with van der Waals surface area (Å²) in [6.07, 6.45) is 2.75. The van der Waals surface area contributed by atoms with Crippen LogP contribution in [-0.4, -0.2) is 41.0 Å². The summed E-state index contributed by atoms with van der Waals surface area (Å²) < 4.78 is 0. The van der Waals surface area contributed by atoms with Crippen molar-refractivity contribution in [3.8, 4) is 11.1 Å². The van der Waals surface area contributed by atoms with Crippen molar-refractivity contribution in [2.24, 2.45) is 0 Å². The van der Waals surface area contributed by atoms with Crippen molar-refractivity contribution in [2.75, 3.05) is 13.1 Å². The predicted molar refractivity (Wildman–Crippen MR) is 98.8 cm³/mol. The number of thiophene rings is 1. The Balaban J connectivity index is 1.45. The third-order valence-electron chi connectivity index (χ3n) is 5.57. The number of piperazine rings is 1. The van der Waals surface area contributed by atoms with Gasteiger partial charge in [0.15, 0.2) is 0 Å². The minimum atomic E-state index is 0.685. The van der Waals surface area contributed by atoms with E-state index in [9.17, 15) is 0 Å². The van der Waals surface area contributed by atoms with E-state index >= 15 is 0 Å². The van der Waals surface area contributed by atoms with Crippen molar-refractivity contribution in [3.63, 3.8) is 0 Å². The molecular formula is C20H26N2S. The molecule has 3 heterocycles. The van der Waals surface area contributed by atoms with E-state index in [1.165, 1.54) is 42.6 Å². The zero-order valence-corrected chi connectivity index (χ0v) is 14.9. The number of fused-ring (bicyclic) bond motifs is 2. The van der Waals surface area contributed by atoms with Crippen LogP contribution in [0.15, 0.2) is 41.1 Å². The van der Waals surface area contributed by atoms with E-state index in [2.05, 4.69) is 64.7 Å². The van der Waals surface area contributed by atoms with Gasteiger partial charge in [-0.05, 0) is 60.2 Å². The predicted octanol–water partition coefficient (Wildman–Crippen LogP) is 4.47. The molecule has 2 unspecified atom stereocenters. The van der Waals surface area contributed by atoms with Crippen molar-refractivity contribution in [1.29, 1.82) is 0 Å². The lowest BCUT2D eigenvalue weighted by atomic mass is 10.1. The molecule has 0 saturated carbocycles. The lowest BCUT2D eigenvalue weighted by molar-refractivity contribution is 0.0442. The van der Waals surface area contributed by atoms with Gasteiger partial charge in [0.2, 0.25) is 0 Å². The summed E-state index contributed by atoms with van der Waals surface area (Å²) in [4.78, 5) is 5.43. The van der Waals surface area contributed by atoms with Crippen LogP contribution in [0.3, 0.4) is 0 Å². The fourth-order valence-corrected chi connectivity index (χ4v) is 4.81. The monoisotopic (exact) mass is 326 g/mol. The Morgan fingerprint density at radius 2 is 1.70 bits per heavy atom. The van der Waals surface area contributed by atoms with Gasteiger partial charge in [0.1, 0.15) is 0 Å². The summed E-state index contributed by atoms with van der Waals surface area (Å²) >= 11 is 1.77. The molecule has 2 aromatic rings. The largest absolute Gasteiger partial charge is 0.298 e. The third kappa shape index (κ3) is 3.10. The van der Waals surface area contributed by atoms with Crippen molar-refractivity contribution in [2.45, 2.75) is 51.4 Å². The average molecular weight is 327 g/mol. The lowest BCUT2D eigenvalue weighted by Crippen LogP contribution is -2.54. The van der Waals surface area contributed by atoms with Crippen LogP contribution in [-0.2, 0) is 6.54 Å². The molecule has 2 fully saturated rings. The highest BCUT2D eigenvalue weighted by atomic mass is 32.1. The van der Waals surface area contributed by atoms with Crippen LogP contribution < -0.4 is 0 Å². The second kappa shape index (κ2) is 6.39. The molecule has 0 radical (unpaired) electrons. The number of hydrogen-bond acceptors (Lipinski definition) is 3. The Bertz CT molecular complexity index is 618. The molecule has 0 spiro atoms. The maximum absolute atomic E-state index is 2.76. The number of rotatable bonds is 4. The van der Waals surface area contributed by atoms with Crippen molar-refractivity contribution >= 4 is 11.3 Å². The van der Waals surface area contributed by atoms with Gasteiger partial charge in [0.25, 0.3) is 0 Å². The number of likely N-dealkylation sites (tertiary alicyclic amines) is 1. The van der Waals surface area contributed by atoms with Gasteiger partial charge < -0.3 is 0 Å². The van der Waals surface area contributed by atoms with Crippen LogP contribution in [0.4, 0.5) is 0 Å². The normalized spacial score (nSPS) is 25.3. The standard InChI is InChI=1S/C20H26N2S/c1-15(2)21-12-19-7-8-20(13-21)22(19)11-16-3-5-17(6-4-16)18-9-10-23-14-18/h3-6,9-10,14-15,19-20H,7-8,11-13H2,1-2H3. The fraction of sp³-hybridized carbons (Fsp3) is 0.500. The van der Waals surface area contributed by atoms with E-state index in [-0.39, 0.29) is 0 Å². The second-order valence-electron chi connectivity index (χ2n) is 7.31. The van der Waals surface area contributed by atoms with Crippen LogP contribution in [0.5, 0.6) is 0 Å². The fourth-order valence-electron chi connectivity index (χ4n) is 4.14. The molecular weight excluding hydrogens is 300 g/mol. The summed E-state index contributed by atoms with van der Waals surface area (Å²) in [5, 5.41) is 4.37. The maximum Gasteiger partial charge on any atom is 0.0240 e. The topological polar surface area (TPSA) is 6.48 Å². The SMILES string of the molecule is CC(C)N1CC2CCC(C1)N2Cc1ccc(-c2ccsc2)cc1. The molecule has 4 rings (SSSR count). The molecule has 2 nitrogen and oxygen atoms in total. The molecule has 0 aliphatic carbocycles. The summed E-state index contributed by atoms with van der Waals surface area (Å²) in [6, 6.07) is 13.6. The maximum atomic E-state index is 2.76. The first kappa shape index (κ1) is 15.4. The third-order valence-corrected chi connectivity index (χ3v) is 6.25. The summed E-state index contributed by atoms with van der Waals surface area (Å²) in [5.74, 6) is 0. The van der Waals surface area contributed by atoms with Crippen molar-refractivity contribution in [3.05, 3.63) is 46.7 Å². The highest BCUT2D eigenvalue weighted by molar-refractivity contribution is 7.08. The van der Waals surface area contributed by atoms with Crippen molar-refractivity contribution < 1.29 is 0 Å². The summed E-state index contributed by atoms with van der Waals surface area (Å²) in [5.41, 5.74) is 4.13. The van der Waals surface area contributed by atoms with Gasteiger partial charge in [0.05, 0.1) is 0 Å². The highest BCUT2D eigenvalue weighted by Crippen LogP contribution is 2.32. The molecule has 2 atom stereocenters. The molecule has 2 aliphatic heterocycles. The zero-order chi connectivity index (χ0) is 15.8. The molecule has 2 saturated heterocycles. The Kier molecular flexibility index (Phi) is 4.27. The molecule has 0 N–H and O–H groups in total. The Labute approximate surface area is 143 Å². The second-order valence-corrected chi connectivity index (χ2v) is 8.09. The van der Waals surface area contributed by atoms with Gasteiger partial charge >= 0.3 is 0 Å². The highest BCUT2D eigenvalue weighted by Gasteiger charge is 2.40. The van der Waals surface area contributed by atoms with E-state index in [0.29, 0.717) is 6.04 Å². The molecule has 2 bridgehead atoms. The van der Waals surface area contributed by atoms with Gasteiger partial charge in [-0.15, -0.1) is 0 Å². The van der Waals surface area contributed by atoms with Crippen LogP contribution in [0, 0.1) is 0 Å². The zero-order valence-electron chi connectivity index (χ0n) is 14.1. The molecule has 1 aromatic carbocycles. The molecule has 1 aromatic heterocycles. The van der Waals surface area contributed by atoms with E-state index in [4.69, 9.17) is 0 Å². The molecule has 3 heteroatoms. The average Bonchev–Trinajstić information content (AvgIpc) is 3.15. The minimum absolute atomic E-state index is 0.685. The van der Waals surface area contributed by atoms with Crippen LogP contribution in [0.1, 0.15) is 32.3 Å². The summed E-state index contributed by atoms with van der Waals surface area (Å²) in [6.45, 7) is 8.28. The van der Waals surface area contributed by atoms with Crippen LogP contribution in [0.2, 0.25) is 0 Å². The molecule has 23 heavy (non-hydrogen) atoms. The molecule has 122 valence electrons. The number of hydrogen-bond donors (Lipinski definition) is 0. The van der Waals surface area contributed by atoms with Gasteiger partial charge in [-0.3, -0.25) is 9.80 Å². The smallest absolute Gasteiger partial charge is 0.0240 e.